The Hall–Kier alpha value is -0.350. The van der Waals surface area contributed by atoms with Crippen LogP contribution < -0.4 is 10.6 Å². The van der Waals surface area contributed by atoms with E-state index in [1.165, 1.54) is 0 Å². The summed E-state index contributed by atoms with van der Waals surface area (Å²) < 4.78 is 5.34. The van der Waals surface area contributed by atoms with Gasteiger partial charge in [-0.15, -0.1) is 0 Å². The zero-order valence-electron chi connectivity index (χ0n) is 8.14. The summed E-state index contributed by atoms with van der Waals surface area (Å²) >= 11 is 5.12. The van der Waals surface area contributed by atoms with Gasteiger partial charge in [-0.1, -0.05) is 6.92 Å². The second-order valence-electron chi connectivity index (χ2n) is 3.31. The molecule has 0 spiro atoms. The molecule has 1 heterocycles. The van der Waals surface area contributed by atoms with Crippen molar-refractivity contribution in [2.24, 2.45) is 0 Å². The molecule has 4 heteroatoms. The summed E-state index contributed by atoms with van der Waals surface area (Å²) in [6.07, 6.45) is 3.39. The van der Waals surface area contributed by atoms with E-state index in [0.717, 1.165) is 44.1 Å². The van der Waals surface area contributed by atoms with Crippen molar-refractivity contribution < 1.29 is 4.74 Å². The van der Waals surface area contributed by atoms with Crippen molar-refractivity contribution in [2.75, 3.05) is 19.8 Å². The van der Waals surface area contributed by atoms with Crippen LogP contribution in [0.5, 0.6) is 0 Å². The van der Waals surface area contributed by atoms with Gasteiger partial charge in [-0.05, 0) is 31.5 Å². The number of hydrogen-bond donors (Lipinski definition) is 2. The molecule has 0 aliphatic carbocycles. The van der Waals surface area contributed by atoms with E-state index in [-0.39, 0.29) is 0 Å². The van der Waals surface area contributed by atoms with E-state index in [1.54, 1.807) is 0 Å². The summed E-state index contributed by atoms with van der Waals surface area (Å²) in [7, 11) is 0. The molecule has 1 fully saturated rings. The first-order chi connectivity index (χ1) is 6.33. The largest absolute Gasteiger partial charge is 0.379 e. The lowest BCUT2D eigenvalue weighted by Crippen LogP contribution is -2.45. The Morgan fingerprint density at radius 1 is 1.62 bits per heavy atom. The Balaban J connectivity index is 2.11. The molecule has 0 bridgehead atoms. The fourth-order valence-electron chi connectivity index (χ4n) is 1.33. The van der Waals surface area contributed by atoms with Gasteiger partial charge < -0.3 is 15.4 Å². The molecule has 2 N–H and O–H groups in total. The van der Waals surface area contributed by atoms with E-state index < -0.39 is 0 Å². The molecule has 0 aromatic rings. The Morgan fingerprint density at radius 2 is 2.46 bits per heavy atom. The topological polar surface area (TPSA) is 33.3 Å². The number of hydrogen-bond acceptors (Lipinski definition) is 2. The van der Waals surface area contributed by atoms with Crippen molar-refractivity contribution >= 4 is 17.3 Å². The Kier molecular flexibility index (Phi) is 5.08. The monoisotopic (exact) mass is 202 g/mol. The fourth-order valence-corrected chi connectivity index (χ4v) is 1.60. The molecule has 1 aliphatic rings. The van der Waals surface area contributed by atoms with Crippen LogP contribution in [0.1, 0.15) is 26.2 Å². The molecular weight excluding hydrogens is 184 g/mol. The molecule has 0 amide bonds. The third-order valence-corrected chi connectivity index (χ3v) is 2.29. The Labute approximate surface area is 85.2 Å². The van der Waals surface area contributed by atoms with Gasteiger partial charge in [-0.25, -0.2) is 0 Å². The minimum atomic E-state index is 0.408. The van der Waals surface area contributed by atoms with Crippen molar-refractivity contribution in [3.05, 3.63) is 0 Å². The highest BCUT2D eigenvalue weighted by atomic mass is 32.1. The van der Waals surface area contributed by atoms with Gasteiger partial charge in [0, 0.05) is 13.2 Å². The Morgan fingerprint density at radius 3 is 3.08 bits per heavy atom. The number of ether oxygens (including phenoxy) is 1. The van der Waals surface area contributed by atoms with Crippen molar-refractivity contribution in [2.45, 2.75) is 32.2 Å². The first-order valence-electron chi connectivity index (χ1n) is 4.95. The van der Waals surface area contributed by atoms with Gasteiger partial charge in [0.15, 0.2) is 5.11 Å². The van der Waals surface area contributed by atoms with Crippen LogP contribution in [-0.2, 0) is 4.74 Å². The molecule has 13 heavy (non-hydrogen) atoms. The maximum Gasteiger partial charge on any atom is 0.166 e. The highest BCUT2D eigenvalue weighted by Crippen LogP contribution is 2.05. The zero-order valence-corrected chi connectivity index (χ0v) is 8.95. The summed E-state index contributed by atoms with van der Waals surface area (Å²) in [5, 5.41) is 7.15. The standard InChI is InChI=1S/C9H18N2OS/c1-2-5-10-9(13)11-8-4-3-6-12-7-8/h8H,2-7H2,1H3,(H2,10,11,13). The van der Waals surface area contributed by atoms with Crippen LogP contribution in [0.15, 0.2) is 0 Å². The summed E-state index contributed by atoms with van der Waals surface area (Å²) in [6, 6.07) is 0.408. The van der Waals surface area contributed by atoms with Gasteiger partial charge in [-0.2, -0.15) is 0 Å². The first kappa shape index (κ1) is 10.7. The van der Waals surface area contributed by atoms with Crippen LogP contribution in [0.25, 0.3) is 0 Å². The van der Waals surface area contributed by atoms with Crippen LogP contribution in [0.3, 0.4) is 0 Å². The van der Waals surface area contributed by atoms with Gasteiger partial charge >= 0.3 is 0 Å². The predicted molar refractivity (Wildman–Crippen MR) is 57.9 cm³/mol. The molecule has 3 nitrogen and oxygen atoms in total. The van der Waals surface area contributed by atoms with Gasteiger partial charge in [0.25, 0.3) is 0 Å². The van der Waals surface area contributed by atoms with E-state index in [9.17, 15) is 0 Å². The first-order valence-corrected chi connectivity index (χ1v) is 5.36. The normalized spacial score (nSPS) is 22.4. The molecule has 0 radical (unpaired) electrons. The predicted octanol–water partition coefficient (Wildman–Crippen LogP) is 1.04. The summed E-state index contributed by atoms with van der Waals surface area (Å²) in [6.45, 7) is 4.75. The van der Waals surface area contributed by atoms with Crippen molar-refractivity contribution in [3.63, 3.8) is 0 Å². The smallest absolute Gasteiger partial charge is 0.166 e. The Bertz CT molecular complexity index is 158. The van der Waals surface area contributed by atoms with E-state index in [2.05, 4.69) is 17.6 Å². The van der Waals surface area contributed by atoms with Crippen molar-refractivity contribution in [1.82, 2.24) is 10.6 Å². The molecule has 0 saturated carbocycles. The van der Waals surface area contributed by atoms with E-state index in [1.807, 2.05) is 0 Å². The number of thiocarbonyl (C=S) groups is 1. The lowest BCUT2D eigenvalue weighted by Gasteiger charge is -2.24. The zero-order chi connectivity index (χ0) is 9.52. The van der Waals surface area contributed by atoms with Gasteiger partial charge in [0.2, 0.25) is 0 Å². The second kappa shape index (κ2) is 6.16. The molecule has 1 aliphatic heterocycles. The van der Waals surface area contributed by atoms with Crippen LogP contribution in [-0.4, -0.2) is 30.9 Å². The van der Waals surface area contributed by atoms with Gasteiger partial charge in [0.1, 0.15) is 0 Å². The van der Waals surface area contributed by atoms with Gasteiger partial charge in [0.05, 0.1) is 12.6 Å². The number of nitrogens with one attached hydrogen (secondary N) is 2. The minimum absolute atomic E-state index is 0.408. The highest BCUT2D eigenvalue weighted by molar-refractivity contribution is 7.80. The van der Waals surface area contributed by atoms with Crippen molar-refractivity contribution in [1.29, 1.82) is 0 Å². The maximum absolute atomic E-state index is 5.34. The molecule has 76 valence electrons. The molecule has 1 unspecified atom stereocenters. The molecular formula is C9H18N2OS. The maximum atomic E-state index is 5.34. The van der Waals surface area contributed by atoms with E-state index in [4.69, 9.17) is 17.0 Å². The molecule has 1 rings (SSSR count). The lowest BCUT2D eigenvalue weighted by molar-refractivity contribution is 0.0763. The van der Waals surface area contributed by atoms with Crippen LogP contribution in [0, 0.1) is 0 Å². The molecule has 0 aromatic carbocycles. The summed E-state index contributed by atoms with van der Waals surface area (Å²) in [5.74, 6) is 0. The quantitative estimate of drug-likeness (QED) is 0.670. The van der Waals surface area contributed by atoms with E-state index in [0.29, 0.717) is 6.04 Å². The fraction of sp³-hybridized carbons (Fsp3) is 0.889. The molecule has 1 saturated heterocycles. The van der Waals surface area contributed by atoms with Crippen molar-refractivity contribution in [3.8, 4) is 0 Å². The lowest BCUT2D eigenvalue weighted by atomic mass is 10.1. The average Bonchev–Trinajstić information content (AvgIpc) is 2.16. The SMILES string of the molecule is CCCNC(=S)NC1CCCOC1. The van der Waals surface area contributed by atoms with Crippen LogP contribution in [0.2, 0.25) is 0 Å². The average molecular weight is 202 g/mol. The number of rotatable bonds is 3. The highest BCUT2D eigenvalue weighted by Gasteiger charge is 2.13. The summed E-state index contributed by atoms with van der Waals surface area (Å²) in [4.78, 5) is 0. The van der Waals surface area contributed by atoms with Crippen LogP contribution >= 0.6 is 12.2 Å². The minimum Gasteiger partial charge on any atom is -0.379 e. The van der Waals surface area contributed by atoms with Gasteiger partial charge in [-0.3, -0.25) is 0 Å². The third-order valence-electron chi connectivity index (χ3n) is 2.03. The van der Waals surface area contributed by atoms with Crippen LogP contribution in [0.4, 0.5) is 0 Å². The summed E-state index contributed by atoms with van der Waals surface area (Å²) in [5.41, 5.74) is 0. The second-order valence-corrected chi connectivity index (χ2v) is 3.72. The molecule has 1 atom stereocenters. The third kappa shape index (κ3) is 4.43. The van der Waals surface area contributed by atoms with E-state index >= 15 is 0 Å². The molecule has 0 aromatic heterocycles.